The first kappa shape index (κ1) is 25.1. The largest absolute Gasteiger partial charge is 0.455 e. The topological polar surface area (TPSA) is 83.6 Å². The van der Waals surface area contributed by atoms with Gasteiger partial charge in [-0.25, -0.2) is 0 Å². The first-order valence-electron chi connectivity index (χ1n) is 7.65. The molecule has 0 heterocycles. The normalized spacial score (nSPS) is 9.48. The summed E-state index contributed by atoms with van der Waals surface area (Å²) in [5.41, 5.74) is 5.95. The lowest BCUT2D eigenvalue weighted by molar-refractivity contribution is -0.118. The zero-order chi connectivity index (χ0) is 17.3. The first-order chi connectivity index (χ1) is 9.76. The molecule has 0 spiro atoms. The van der Waals surface area contributed by atoms with E-state index in [4.69, 9.17) is 15.8 Å². The molecule has 0 aliphatic rings. The molecule has 21 heavy (non-hydrogen) atoms. The van der Waals surface area contributed by atoms with Crippen molar-refractivity contribution in [1.82, 2.24) is 0 Å². The molecule has 0 saturated heterocycles. The Morgan fingerprint density at radius 3 is 1.57 bits per heavy atom. The van der Waals surface area contributed by atoms with Crippen LogP contribution in [0.1, 0.15) is 59.8 Å². The molecule has 0 rings (SSSR count). The van der Waals surface area contributed by atoms with Crippen molar-refractivity contribution in [2.24, 2.45) is 5.73 Å². The van der Waals surface area contributed by atoms with Crippen molar-refractivity contribution < 1.29 is 14.8 Å². The van der Waals surface area contributed by atoms with Gasteiger partial charge in [-0.2, -0.15) is 0 Å². The Bertz CT molecular complexity index is 258. The van der Waals surface area contributed by atoms with Crippen LogP contribution in [-0.2, 0) is 4.79 Å². The number of allylic oxidation sites excluding steroid dienone is 1. The zero-order valence-electron chi connectivity index (χ0n) is 14.3. The van der Waals surface area contributed by atoms with Gasteiger partial charge in [0, 0.05) is 18.4 Å². The Labute approximate surface area is 131 Å². The highest BCUT2D eigenvalue weighted by Crippen LogP contribution is 2.15. The number of hydrogen-bond acceptors (Lipinski definition) is 4. The molecule has 0 aromatic heterocycles. The lowest BCUT2D eigenvalue weighted by Gasteiger charge is -2.24. The van der Waals surface area contributed by atoms with Crippen LogP contribution in [0, 0.1) is 0 Å². The Morgan fingerprint density at radius 1 is 1.10 bits per heavy atom. The number of rotatable bonds is 8. The van der Waals surface area contributed by atoms with Gasteiger partial charge in [-0.05, 0) is 25.6 Å². The van der Waals surface area contributed by atoms with Crippen molar-refractivity contribution in [3.8, 4) is 0 Å². The molecular formula is C16H34BNO3. The van der Waals surface area contributed by atoms with Crippen LogP contribution in [0.5, 0.6) is 0 Å². The number of ketones is 1. The van der Waals surface area contributed by atoms with Crippen molar-refractivity contribution in [2.75, 3.05) is 0 Å². The average Bonchev–Trinajstić information content (AvgIpc) is 2.47. The molecule has 0 aliphatic carbocycles. The lowest BCUT2D eigenvalue weighted by atomic mass is 9.87. The van der Waals surface area contributed by atoms with Crippen LogP contribution in [0.15, 0.2) is 25.3 Å². The minimum Gasteiger partial charge on any atom is -0.427 e. The highest BCUT2D eigenvalue weighted by atomic mass is 16.4. The fourth-order valence-corrected chi connectivity index (χ4v) is 1.23. The molecule has 0 aromatic carbocycles. The van der Waals surface area contributed by atoms with Crippen LogP contribution >= 0.6 is 0 Å². The van der Waals surface area contributed by atoms with Crippen LogP contribution < -0.4 is 5.73 Å². The summed E-state index contributed by atoms with van der Waals surface area (Å²) in [4.78, 5) is 10.2. The summed E-state index contributed by atoms with van der Waals surface area (Å²) < 4.78 is 0. The quantitative estimate of drug-likeness (QED) is 0.475. The van der Waals surface area contributed by atoms with Crippen molar-refractivity contribution >= 4 is 12.9 Å². The van der Waals surface area contributed by atoms with Gasteiger partial charge < -0.3 is 15.8 Å². The third-order valence-corrected chi connectivity index (χ3v) is 3.13. The summed E-state index contributed by atoms with van der Waals surface area (Å²) >= 11 is 0. The SMILES string of the molecule is C=CCB(O)O.C=CCC(N)(CC)CC.CCC(=O)CC. The van der Waals surface area contributed by atoms with E-state index in [1.165, 1.54) is 6.08 Å². The zero-order valence-corrected chi connectivity index (χ0v) is 14.3. The van der Waals surface area contributed by atoms with Crippen LogP contribution in [-0.4, -0.2) is 28.5 Å². The second kappa shape index (κ2) is 17.1. The summed E-state index contributed by atoms with van der Waals surface area (Å²) in [6.45, 7) is 14.9. The van der Waals surface area contributed by atoms with Crippen molar-refractivity contribution in [3.63, 3.8) is 0 Å². The summed E-state index contributed by atoms with van der Waals surface area (Å²) in [5, 5.41) is 16.1. The molecular weight excluding hydrogens is 265 g/mol. The molecule has 0 aromatic rings. The van der Waals surface area contributed by atoms with E-state index in [0.29, 0.717) is 18.6 Å². The lowest BCUT2D eigenvalue weighted by Crippen LogP contribution is -2.37. The van der Waals surface area contributed by atoms with E-state index in [1.54, 1.807) is 0 Å². The second-order valence-corrected chi connectivity index (χ2v) is 4.81. The van der Waals surface area contributed by atoms with E-state index in [2.05, 4.69) is 27.0 Å². The van der Waals surface area contributed by atoms with Crippen molar-refractivity contribution in [3.05, 3.63) is 25.3 Å². The van der Waals surface area contributed by atoms with E-state index >= 15 is 0 Å². The van der Waals surface area contributed by atoms with Gasteiger partial charge in [-0.15, -0.1) is 13.2 Å². The minimum absolute atomic E-state index is 0.0156. The monoisotopic (exact) mass is 299 g/mol. The van der Waals surface area contributed by atoms with Gasteiger partial charge in [0.15, 0.2) is 0 Å². The third kappa shape index (κ3) is 21.5. The van der Waals surface area contributed by atoms with Crippen molar-refractivity contribution in [1.29, 1.82) is 0 Å². The molecule has 0 unspecified atom stereocenters. The van der Waals surface area contributed by atoms with E-state index in [9.17, 15) is 4.79 Å². The molecule has 0 bridgehead atoms. The van der Waals surface area contributed by atoms with Gasteiger partial charge in [0.05, 0.1) is 0 Å². The Balaban J connectivity index is -0.000000240. The summed E-state index contributed by atoms with van der Waals surface area (Å²) in [6, 6.07) is 0. The Hall–Kier alpha value is -0.905. The van der Waals surface area contributed by atoms with Crippen LogP contribution in [0.2, 0.25) is 6.32 Å². The fraction of sp³-hybridized carbons (Fsp3) is 0.688. The highest BCUT2D eigenvalue weighted by Gasteiger charge is 2.16. The van der Waals surface area contributed by atoms with Crippen molar-refractivity contribution in [2.45, 2.75) is 71.7 Å². The fourth-order valence-electron chi connectivity index (χ4n) is 1.23. The predicted octanol–water partition coefficient (Wildman–Crippen LogP) is 3.10. The maximum Gasteiger partial charge on any atom is 0.455 e. The molecule has 4 nitrogen and oxygen atoms in total. The number of carbonyl (C=O) groups excluding carboxylic acids is 1. The molecule has 0 atom stereocenters. The smallest absolute Gasteiger partial charge is 0.427 e. The van der Waals surface area contributed by atoms with Gasteiger partial charge in [0.2, 0.25) is 0 Å². The third-order valence-electron chi connectivity index (χ3n) is 3.13. The Kier molecular flexibility index (Phi) is 20.5. The van der Waals surface area contributed by atoms with Crippen LogP contribution in [0.3, 0.4) is 0 Å². The molecule has 0 fully saturated rings. The maximum atomic E-state index is 10.2. The summed E-state index contributed by atoms with van der Waals surface area (Å²) in [7, 11) is -1.22. The average molecular weight is 299 g/mol. The van der Waals surface area contributed by atoms with E-state index < -0.39 is 7.12 Å². The molecule has 0 radical (unpaired) electrons. The second-order valence-electron chi connectivity index (χ2n) is 4.81. The van der Waals surface area contributed by atoms with Crippen LogP contribution in [0.25, 0.3) is 0 Å². The highest BCUT2D eigenvalue weighted by molar-refractivity contribution is 6.41. The maximum absolute atomic E-state index is 10.2. The molecule has 0 amide bonds. The first-order valence-corrected chi connectivity index (χ1v) is 7.65. The molecule has 0 aliphatic heterocycles. The predicted molar refractivity (Wildman–Crippen MR) is 93.1 cm³/mol. The van der Waals surface area contributed by atoms with Gasteiger partial charge in [0.1, 0.15) is 5.78 Å². The molecule has 0 saturated carbocycles. The van der Waals surface area contributed by atoms with Gasteiger partial charge in [0.25, 0.3) is 0 Å². The standard InChI is InChI=1S/C8H17N.C5H10O.C3H7BO2/c1-4-7-8(9,5-2)6-3;1-3-5(6)4-2;1-2-3-4(5)6/h4H,1,5-7,9H2,2-3H3;3-4H2,1-2H3;2,5-6H,1,3H2. The Morgan fingerprint density at radius 2 is 1.52 bits per heavy atom. The molecule has 4 N–H and O–H groups in total. The minimum atomic E-state index is -1.22. The van der Waals surface area contributed by atoms with E-state index in [0.717, 1.165) is 19.3 Å². The van der Waals surface area contributed by atoms with Gasteiger partial charge >= 0.3 is 7.12 Å². The van der Waals surface area contributed by atoms with E-state index in [-0.39, 0.29) is 11.9 Å². The van der Waals surface area contributed by atoms with Crippen LogP contribution in [0.4, 0.5) is 0 Å². The number of nitrogens with two attached hydrogens (primary N) is 1. The van der Waals surface area contributed by atoms with E-state index in [1.807, 2.05) is 19.9 Å². The van der Waals surface area contributed by atoms with Gasteiger partial charge in [-0.1, -0.05) is 39.8 Å². The number of carbonyl (C=O) groups is 1. The summed E-state index contributed by atoms with van der Waals surface area (Å²) in [6.07, 6.45) is 7.98. The molecule has 5 heteroatoms. The van der Waals surface area contributed by atoms with Gasteiger partial charge in [-0.3, -0.25) is 4.79 Å². The molecule has 124 valence electrons. The summed E-state index contributed by atoms with van der Waals surface area (Å²) in [5.74, 6) is 0.343. The number of hydrogen-bond donors (Lipinski definition) is 3. The number of Topliss-reactive ketones (excluding diaryl/α,β-unsaturated/α-hetero) is 1.